The summed E-state index contributed by atoms with van der Waals surface area (Å²) in [6.07, 6.45) is 0.881. The highest BCUT2D eigenvalue weighted by Crippen LogP contribution is 2.30. The summed E-state index contributed by atoms with van der Waals surface area (Å²) in [6.45, 7) is 3.40. The van der Waals surface area contributed by atoms with Crippen molar-refractivity contribution < 1.29 is 14.4 Å². The third-order valence-corrected chi connectivity index (χ3v) is 5.16. The monoisotopic (exact) mass is 414 g/mol. The Morgan fingerprint density at radius 2 is 1.85 bits per heavy atom. The zero-order valence-electron chi connectivity index (χ0n) is 14.6. The van der Waals surface area contributed by atoms with Gasteiger partial charge in [-0.2, -0.15) is 0 Å². The van der Waals surface area contributed by atoms with Gasteiger partial charge < -0.3 is 5.32 Å². The summed E-state index contributed by atoms with van der Waals surface area (Å²) in [4.78, 5) is 38.7. The number of hydrogen-bond acceptors (Lipinski definition) is 3. The number of halogens is 1. The predicted molar refractivity (Wildman–Crippen MR) is 102 cm³/mol. The summed E-state index contributed by atoms with van der Waals surface area (Å²) in [5.41, 5.74) is 1.08. The highest BCUT2D eigenvalue weighted by Gasteiger charge is 2.49. The molecule has 1 aliphatic heterocycles. The first-order valence-corrected chi connectivity index (χ1v) is 9.16. The van der Waals surface area contributed by atoms with Crippen LogP contribution in [0.25, 0.3) is 0 Å². The Balaban J connectivity index is 1.81. The van der Waals surface area contributed by atoms with Crippen molar-refractivity contribution in [3.63, 3.8) is 0 Å². The molecule has 1 heterocycles. The van der Waals surface area contributed by atoms with Gasteiger partial charge in [0.05, 0.1) is 6.54 Å². The Labute approximate surface area is 160 Å². The molecule has 134 valence electrons. The number of imide groups is 1. The molecule has 26 heavy (non-hydrogen) atoms. The van der Waals surface area contributed by atoms with Crippen molar-refractivity contribution >= 4 is 33.7 Å². The molecule has 1 N–H and O–H groups in total. The van der Waals surface area contributed by atoms with Crippen LogP contribution >= 0.6 is 15.9 Å². The molecule has 0 spiro atoms. The number of ketones is 1. The molecule has 0 saturated carbocycles. The number of carbonyl (C=O) groups excluding carboxylic acids is 3. The molecular formula is C20H19BrN2O3. The van der Waals surface area contributed by atoms with Gasteiger partial charge in [0.1, 0.15) is 5.54 Å². The van der Waals surface area contributed by atoms with E-state index in [9.17, 15) is 14.4 Å². The van der Waals surface area contributed by atoms with Gasteiger partial charge in [-0.05, 0) is 36.6 Å². The maximum absolute atomic E-state index is 12.9. The van der Waals surface area contributed by atoms with Gasteiger partial charge in [-0.25, -0.2) is 4.79 Å². The first-order valence-electron chi connectivity index (χ1n) is 8.37. The Morgan fingerprint density at radius 3 is 2.46 bits per heavy atom. The lowest BCUT2D eigenvalue weighted by molar-refractivity contribution is -0.130. The normalized spacial score (nSPS) is 19.6. The van der Waals surface area contributed by atoms with Crippen molar-refractivity contribution in [1.29, 1.82) is 0 Å². The average molecular weight is 415 g/mol. The van der Waals surface area contributed by atoms with E-state index in [1.165, 1.54) is 0 Å². The van der Waals surface area contributed by atoms with E-state index in [1.54, 1.807) is 37.3 Å². The minimum Gasteiger partial charge on any atom is -0.319 e. The highest BCUT2D eigenvalue weighted by molar-refractivity contribution is 9.10. The fourth-order valence-electron chi connectivity index (χ4n) is 3.00. The summed E-state index contributed by atoms with van der Waals surface area (Å²) in [6, 6.07) is 13.9. The van der Waals surface area contributed by atoms with Gasteiger partial charge in [0, 0.05) is 10.0 Å². The lowest BCUT2D eigenvalue weighted by atomic mass is 9.92. The van der Waals surface area contributed by atoms with E-state index in [0.29, 0.717) is 11.1 Å². The van der Waals surface area contributed by atoms with Crippen LogP contribution in [0.1, 0.15) is 35.3 Å². The number of nitrogens with one attached hydrogen (secondary N) is 1. The van der Waals surface area contributed by atoms with Crippen molar-refractivity contribution in [2.75, 3.05) is 6.54 Å². The van der Waals surface area contributed by atoms with Gasteiger partial charge >= 0.3 is 6.03 Å². The molecule has 1 saturated heterocycles. The summed E-state index contributed by atoms with van der Waals surface area (Å²) in [7, 11) is 0. The molecule has 6 heteroatoms. The zero-order chi connectivity index (χ0) is 18.9. The number of nitrogens with zero attached hydrogens (tertiary/aromatic N) is 1. The van der Waals surface area contributed by atoms with Crippen LogP contribution in [0.3, 0.4) is 0 Å². The van der Waals surface area contributed by atoms with E-state index in [1.807, 2.05) is 25.1 Å². The fraction of sp³-hybridized carbons (Fsp3) is 0.250. The number of rotatable bonds is 5. The van der Waals surface area contributed by atoms with Crippen LogP contribution in [0.4, 0.5) is 4.79 Å². The van der Waals surface area contributed by atoms with Crippen LogP contribution in [0.5, 0.6) is 0 Å². The number of Topliss-reactive ketones (excluding diaryl/α,β-unsaturated/α-hetero) is 1. The molecule has 5 nitrogen and oxygen atoms in total. The number of amides is 3. The molecule has 0 unspecified atom stereocenters. The van der Waals surface area contributed by atoms with E-state index >= 15 is 0 Å². The molecule has 0 aromatic heterocycles. The van der Waals surface area contributed by atoms with E-state index < -0.39 is 17.5 Å². The van der Waals surface area contributed by atoms with Crippen molar-refractivity contribution in [2.45, 2.75) is 25.8 Å². The van der Waals surface area contributed by atoms with E-state index in [2.05, 4.69) is 21.2 Å². The van der Waals surface area contributed by atoms with Crippen LogP contribution < -0.4 is 5.32 Å². The highest BCUT2D eigenvalue weighted by atomic mass is 79.9. The van der Waals surface area contributed by atoms with Crippen LogP contribution in [0.15, 0.2) is 53.0 Å². The van der Waals surface area contributed by atoms with Crippen molar-refractivity contribution in [3.05, 3.63) is 69.7 Å². The second-order valence-corrected chi connectivity index (χ2v) is 7.35. The van der Waals surface area contributed by atoms with Gasteiger partial charge in [0.25, 0.3) is 5.91 Å². The second kappa shape index (κ2) is 7.03. The minimum absolute atomic E-state index is 0.269. The standard InChI is InChI=1S/C20H19BrN2O3/c1-3-13-7-9-14(10-8-13)17(24)12-23-18(25)20(2,22-19(23)26)15-5-4-6-16(21)11-15/h4-11H,3,12H2,1-2H3,(H,22,26)/t20-/m0/s1. The largest absolute Gasteiger partial charge is 0.325 e. The zero-order valence-corrected chi connectivity index (χ0v) is 16.2. The maximum atomic E-state index is 12.9. The first kappa shape index (κ1) is 18.3. The molecular weight excluding hydrogens is 396 g/mol. The van der Waals surface area contributed by atoms with Gasteiger partial charge in [-0.1, -0.05) is 59.3 Å². The van der Waals surface area contributed by atoms with Gasteiger partial charge in [0.2, 0.25) is 0 Å². The quantitative estimate of drug-likeness (QED) is 0.599. The van der Waals surface area contributed by atoms with Gasteiger partial charge in [-0.15, -0.1) is 0 Å². The van der Waals surface area contributed by atoms with Crippen LogP contribution in [-0.2, 0) is 16.8 Å². The van der Waals surface area contributed by atoms with Gasteiger partial charge in [0.15, 0.2) is 5.78 Å². The summed E-state index contributed by atoms with van der Waals surface area (Å²) >= 11 is 3.37. The number of aryl methyl sites for hydroxylation is 1. The molecule has 3 rings (SSSR count). The minimum atomic E-state index is -1.19. The van der Waals surface area contributed by atoms with E-state index in [0.717, 1.165) is 21.4 Å². The summed E-state index contributed by atoms with van der Waals surface area (Å²) in [5.74, 6) is -0.700. The van der Waals surface area contributed by atoms with Gasteiger partial charge in [-0.3, -0.25) is 14.5 Å². The molecule has 0 aliphatic carbocycles. The van der Waals surface area contributed by atoms with E-state index in [4.69, 9.17) is 0 Å². The summed E-state index contributed by atoms with van der Waals surface area (Å²) in [5, 5.41) is 2.71. The Kier molecular flexibility index (Phi) is 4.96. The predicted octanol–water partition coefficient (Wildman–Crippen LogP) is 3.66. The molecule has 2 aromatic carbocycles. The number of hydrogen-bond donors (Lipinski definition) is 1. The molecule has 1 atom stereocenters. The maximum Gasteiger partial charge on any atom is 0.325 e. The van der Waals surface area contributed by atoms with Crippen molar-refractivity contribution in [3.8, 4) is 0 Å². The van der Waals surface area contributed by atoms with E-state index in [-0.39, 0.29) is 12.3 Å². The number of carbonyl (C=O) groups is 3. The topological polar surface area (TPSA) is 66.5 Å². The molecule has 1 aliphatic rings. The third-order valence-electron chi connectivity index (χ3n) is 4.66. The number of urea groups is 1. The second-order valence-electron chi connectivity index (χ2n) is 6.43. The summed E-state index contributed by atoms with van der Waals surface area (Å²) < 4.78 is 0.809. The lowest BCUT2D eigenvalue weighted by Crippen LogP contribution is -2.41. The Bertz CT molecular complexity index is 879. The fourth-order valence-corrected chi connectivity index (χ4v) is 3.40. The van der Waals surface area contributed by atoms with Crippen molar-refractivity contribution in [1.82, 2.24) is 10.2 Å². The lowest BCUT2D eigenvalue weighted by Gasteiger charge is -2.22. The van der Waals surface area contributed by atoms with Crippen LogP contribution in [0.2, 0.25) is 0 Å². The van der Waals surface area contributed by atoms with Crippen LogP contribution in [-0.4, -0.2) is 29.2 Å². The molecule has 3 amide bonds. The molecule has 0 radical (unpaired) electrons. The Hall–Kier alpha value is -2.47. The molecule has 1 fully saturated rings. The first-order chi connectivity index (χ1) is 12.3. The molecule has 2 aromatic rings. The average Bonchev–Trinajstić information content (AvgIpc) is 2.86. The number of benzene rings is 2. The van der Waals surface area contributed by atoms with Crippen molar-refractivity contribution in [2.24, 2.45) is 0 Å². The molecule has 0 bridgehead atoms. The Morgan fingerprint density at radius 1 is 1.15 bits per heavy atom. The SMILES string of the molecule is CCc1ccc(C(=O)CN2C(=O)N[C@@](C)(c3cccc(Br)c3)C2=O)cc1. The smallest absolute Gasteiger partial charge is 0.319 e. The third kappa shape index (κ3) is 3.29. The van der Waals surface area contributed by atoms with Crippen LogP contribution in [0, 0.1) is 0 Å².